The summed E-state index contributed by atoms with van der Waals surface area (Å²) in [5.41, 5.74) is 3.66. The van der Waals surface area contributed by atoms with Gasteiger partial charge < -0.3 is 10.1 Å². The Labute approximate surface area is 177 Å². The van der Waals surface area contributed by atoms with Gasteiger partial charge in [0.2, 0.25) is 5.91 Å². The third-order valence-electron chi connectivity index (χ3n) is 4.63. The van der Waals surface area contributed by atoms with E-state index in [0.717, 1.165) is 43.5 Å². The second-order valence-electron chi connectivity index (χ2n) is 8.63. The van der Waals surface area contributed by atoms with Crippen LogP contribution in [-0.4, -0.2) is 29.7 Å². The lowest BCUT2D eigenvalue weighted by Crippen LogP contribution is -2.42. The van der Waals surface area contributed by atoms with Gasteiger partial charge in [0.15, 0.2) is 0 Å². The molecule has 160 valence electrons. The van der Waals surface area contributed by atoms with Crippen molar-refractivity contribution in [3.63, 3.8) is 0 Å². The lowest BCUT2D eigenvalue weighted by atomic mass is 9.89. The molecule has 0 aliphatic carbocycles. The quantitative estimate of drug-likeness (QED) is 0.210. The van der Waals surface area contributed by atoms with E-state index in [0.29, 0.717) is 0 Å². The van der Waals surface area contributed by atoms with Crippen LogP contribution in [0.5, 0.6) is 0 Å². The van der Waals surface area contributed by atoms with Crippen LogP contribution in [0.4, 0.5) is 0 Å². The third-order valence-corrected chi connectivity index (χ3v) is 5.76. The van der Waals surface area contributed by atoms with Gasteiger partial charge in [0, 0.05) is 24.0 Å². The molecule has 4 heteroatoms. The van der Waals surface area contributed by atoms with Crippen molar-refractivity contribution in [3.05, 3.63) is 34.9 Å². The summed E-state index contributed by atoms with van der Waals surface area (Å²) in [6.45, 7) is 14.3. The van der Waals surface area contributed by atoms with Crippen molar-refractivity contribution < 1.29 is 9.59 Å². The summed E-state index contributed by atoms with van der Waals surface area (Å²) in [4.78, 5) is 22.9. The van der Waals surface area contributed by atoms with Crippen molar-refractivity contribution in [1.82, 2.24) is 5.32 Å². The molecule has 0 heterocycles. The Morgan fingerprint density at radius 3 is 2.14 bits per heavy atom. The van der Waals surface area contributed by atoms with Gasteiger partial charge in [-0.1, -0.05) is 48.8 Å². The number of amides is 1. The van der Waals surface area contributed by atoms with E-state index in [9.17, 15) is 9.59 Å². The zero-order valence-corrected chi connectivity index (χ0v) is 19.9. The fraction of sp³-hybridized carbons (Fsp3) is 0.667. The second kappa shape index (κ2) is 14.7. The van der Waals surface area contributed by atoms with Crippen LogP contribution in [0.25, 0.3) is 0 Å². The van der Waals surface area contributed by atoms with Crippen LogP contribution in [0.1, 0.15) is 80.6 Å². The molecule has 1 amide bonds. The molecule has 0 spiro atoms. The smallest absolute Gasteiger partial charge is 0.226 e. The molecule has 1 N–H and O–H groups in total. The first-order valence-corrected chi connectivity index (χ1v) is 11.5. The highest BCUT2D eigenvalue weighted by Crippen LogP contribution is 2.19. The first-order valence-electron chi connectivity index (χ1n) is 10.4. The minimum absolute atomic E-state index is 0.0498. The molecule has 1 unspecified atom stereocenters. The molecular weight excluding hydrogens is 366 g/mol. The Balaban J connectivity index is 4.07. The molecule has 0 fully saturated rings. The molecule has 0 aromatic carbocycles. The molecule has 0 aromatic rings. The van der Waals surface area contributed by atoms with Crippen molar-refractivity contribution in [3.8, 4) is 0 Å². The van der Waals surface area contributed by atoms with Gasteiger partial charge in [-0.2, -0.15) is 11.8 Å². The Morgan fingerprint density at radius 1 is 1.00 bits per heavy atom. The Kier molecular flexibility index (Phi) is 14.0. The van der Waals surface area contributed by atoms with Crippen molar-refractivity contribution in [2.24, 2.45) is 5.41 Å². The van der Waals surface area contributed by atoms with Crippen molar-refractivity contribution in [1.29, 1.82) is 0 Å². The summed E-state index contributed by atoms with van der Waals surface area (Å²) in [6.07, 6.45) is 12.5. The largest absolute Gasteiger partial charge is 0.352 e. The van der Waals surface area contributed by atoms with Gasteiger partial charge in [-0.05, 0) is 60.3 Å². The van der Waals surface area contributed by atoms with E-state index < -0.39 is 5.41 Å². The van der Waals surface area contributed by atoms with Crippen molar-refractivity contribution >= 4 is 24.0 Å². The highest BCUT2D eigenvalue weighted by molar-refractivity contribution is 7.99. The zero-order valence-electron chi connectivity index (χ0n) is 19.1. The first-order chi connectivity index (χ1) is 13.1. The topological polar surface area (TPSA) is 46.2 Å². The maximum absolute atomic E-state index is 12.2. The maximum Gasteiger partial charge on any atom is 0.226 e. The van der Waals surface area contributed by atoms with E-state index in [2.05, 4.69) is 51.2 Å². The summed E-state index contributed by atoms with van der Waals surface area (Å²) < 4.78 is 0. The van der Waals surface area contributed by atoms with Crippen LogP contribution < -0.4 is 5.32 Å². The Hall–Kier alpha value is -1.29. The summed E-state index contributed by atoms with van der Waals surface area (Å²) in [5, 5.41) is 3.01. The van der Waals surface area contributed by atoms with Gasteiger partial charge in [0.1, 0.15) is 6.29 Å². The fourth-order valence-electron chi connectivity index (χ4n) is 2.55. The van der Waals surface area contributed by atoms with Crippen LogP contribution in [0.3, 0.4) is 0 Å². The normalized spacial score (nSPS) is 13.8. The predicted octanol–water partition coefficient (Wildman–Crippen LogP) is 6.26. The molecule has 0 radical (unpaired) electrons. The van der Waals surface area contributed by atoms with E-state index in [1.54, 1.807) is 13.8 Å². The molecule has 0 rings (SSSR count). The second-order valence-corrected chi connectivity index (χ2v) is 9.70. The predicted molar refractivity (Wildman–Crippen MR) is 125 cm³/mol. The molecule has 28 heavy (non-hydrogen) atoms. The van der Waals surface area contributed by atoms with E-state index in [1.165, 1.54) is 16.7 Å². The number of allylic oxidation sites excluding steroid dienone is 5. The van der Waals surface area contributed by atoms with E-state index in [1.807, 2.05) is 18.7 Å². The maximum atomic E-state index is 12.2. The van der Waals surface area contributed by atoms with Crippen LogP contribution in [0, 0.1) is 5.41 Å². The minimum Gasteiger partial charge on any atom is -0.352 e. The summed E-state index contributed by atoms with van der Waals surface area (Å²) in [6, 6.07) is 0.100. The average molecular weight is 408 g/mol. The SMILES string of the molecule is CC(C)=CCC/C(C)=C/CC/C(C)=C/CSCC(C)NC(=O)C(C)(C)CC=O. The van der Waals surface area contributed by atoms with E-state index in [4.69, 9.17) is 0 Å². The van der Waals surface area contributed by atoms with Crippen molar-refractivity contribution in [2.75, 3.05) is 11.5 Å². The van der Waals surface area contributed by atoms with Gasteiger partial charge in [-0.15, -0.1) is 0 Å². The number of thioether (sulfide) groups is 1. The van der Waals surface area contributed by atoms with Gasteiger partial charge >= 0.3 is 0 Å². The highest BCUT2D eigenvalue weighted by atomic mass is 32.2. The summed E-state index contributed by atoms with van der Waals surface area (Å²) in [5.74, 6) is 1.79. The molecule has 0 bridgehead atoms. The number of nitrogens with one attached hydrogen (secondary N) is 1. The Bertz CT molecular complexity index is 569. The molecule has 0 saturated carbocycles. The lowest BCUT2D eigenvalue weighted by Gasteiger charge is -2.23. The first kappa shape index (κ1) is 26.7. The zero-order chi connectivity index (χ0) is 21.6. The number of carbonyl (C=O) groups excluding carboxylic acids is 2. The summed E-state index contributed by atoms with van der Waals surface area (Å²) in [7, 11) is 0. The molecule has 0 saturated heterocycles. The van der Waals surface area contributed by atoms with E-state index in [-0.39, 0.29) is 18.4 Å². The van der Waals surface area contributed by atoms with Crippen LogP contribution in [0.2, 0.25) is 0 Å². The Morgan fingerprint density at radius 2 is 1.57 bits per heavy atom. The van der Waals surface area contributed by atoms with Gasteiger partial charge in [-0.3, -0.25) is 4.79 Å². The minimum atomic E-state index is -0.630. The standard InChI is InChI=1S/C24H41NO2S/c1-19(2)10-8-11-20(3)12-9-13-21(4)14-17-28-18-22(5)25-23(27)24(6,7)15-16-26/h10,12,14,16,22H,8-9,11,13,15,17-18H2,1-7H3,(H,25,27)/b20-12+,21-14+. The number of hydrogen-bond donors (Lipinski definition) is 1. The average Bonchev–Trinajstić information content (AvgIpc) is 2.58. The summed E-state index contributed by atoms with van der Waals surface area (Å²) >= 11 is 1.83. The fourth-order valence-corrected chi connectivity index (χ4v) is 3.52. The van der Waals surface area contributed by atoms with Gasteiger partial charge in [0.05, 0.1) is 5.41 Å². The van der Waals surface area contributed by atoms with Gasteiger partial charge in [-0.25, -0.2) is 0 Å². The van der Waals surface area contributed by atoms with Crippen LogP contribution >= 0.6 is 11.8 Å². The van der Waals surface area contributed by atoms with Crippen molar-refractivity contribution in [2.45, 2.75) is 86.6 Å². The molecule has 3 nitrogen and oxygen atoms in total. The number of carbonyl (C=O) groups is 2. The number of aldehydes is 1. The highest BCUT2D eigenvalue weighted by Gasteiger charge is 2.27. The lowest BCUT2D eigenvalue weighted by molar-refractivity contribution is -0.132. The molecular formula is C24H41NO2S. The third kappa shape index (κ3) is 13.8. The number of rotatable bonds is 14. The van der Waals surface area contributed by atoms with Crippen LogP contribution in [0.15, 0.2) is 34.9 Å². The molecule has 0 aliphatic rings. The molecule has 0 aliphatic heterocycles. The van der Waals surface area contributed by atoms with Gasteiger partial charge in [0.25, 0.3) is 0 Å². The van der Waals surface area contributed by atoms with Crippen LogP contribution in [-0.2, 0) is 9.59 Å². The molecule has 1 atom stereocenters. The monoisotopic (exact) mass is 407 g/mol. The number of hydrogen-bond acceptors (Lipinski definition) is 3. The van der Waals surface area contributed by atoms with E-state index >= 15 is 0 Å². The molecule has 0 aromatic heterocycles.